The van der Waals surface area contributed by atoms with Crippen molar-refractivity contribution in [2.45, 2.75) is 31.0 Å². The highest BCUT2D eigenvalue weighted by Gasteiger charge is 2.34. The predicted octanol–water partition coefficient (Wildman–Crippen LogP) is 1.59. The lowest BCUT2D eigenvalue weighted by Crippen LogP contribution is -2.42. The molecule has 3 heterocycles. The summed E-state index contributed by atoms with van der Waals surface area (Å²) in [6.07, 6.45) is 2.88. The maximum Gasteiger partial charge on any atom is 0.233 e. The van der Waals surface area contributed by atoms with Crippen molar-refractivity contribution in [3.63, 3.8) is 0 Å². The predicted molar refractivity (Wildman–Crippen MR) is 98.5 cm³/mol. The minimum atomic E-state index is -3.03. The monoisotopic (exact) mass is 398 g/mol. The molecule has 0 spiro atoms. The number of aromatic nitrogens is 3. The summed E-state index contributed by atoms with van der Waals surface area (Å²) in [5, 5.41) is 8.84. The number of sulfone groups is 1. The second-order valence-electron chi connectivity index (χ2n) is 6.28. The molecular formula is C16H22N4O4S2. The van der Waals surface area contributed by atoms with E-state index >= 15 is 0 Å². The van der Waals surface area contributed by atoms with E-state index in [0.29, 0.717) is 29.7 Å². The fraction of sp³-hybridized carbons (Fsp3) is 0.562. The first-order chi connectivity index (χ1) is 12.4. The lowest BCUT2D eigenvalue weighted by atomic mass is 10.2. The molecule has 1 aliphatic rings. The Bertz CT molecular complexity index is 861. The van der Waals surface area contributed by atoms with E-state index in [9.17, 15) is 13.2 Å². The average Bonchev–Trinajstić information content (AvgIpc) is 3.31. The Hall–Kier alpha value is -1.81. The Labute approximate surface area is 156 Å². The standard InChI is InChI=1S/C16H22N4O4S2/c1-3-7-20(12-6-9-26(22,23)11-12)14(21)10-25-16-18-17-15(19(16)2)13-5-4-8-24-13/h4-5,8,12H,3,6-7,9-11H2,1-2H3/t12-/m1/s1. The Kier molecular flexibility index (Phi) is 5.71. The number of hydrogen-bond acceptors (Lipinski definition) is 7. The highest BCUT2D eigenvalue weighted by atomic mass is 32.2. The second kappa shape index (κ2) is 7.83. The minimum absolute atomic E-state index is 0.0655. The number of rotatable bonds is 7. The van der Waals surface area contributed by atoms with Gasteiger partial charge in [0.25, 0.3) is 0 Å². The van der Waals surface area contributed by atoms with Crippen molar-refractivity contribution in [2.24, 2.45) is 7.05 Å². The van der Waals surface area contributed by atoms with Crippen molar-refractivity contribution < 1.29 is 17.6 Å². The van der Waals surface area contributed by atoms with Gasteiger partial charge in [-0.2, -0.15) is 0 Å². The van der Waals surface area contributed by atoms with Crippen LogP contribution in [0.2, 0.25) is 0 Å². The van der Waals surface area contributed by atoms with Gasteiger partial charge >= 0.3 is 0 Å². The normalized spacial score (nSPS) is 18.9. The molecular weight excluding hydrogens is 376 g/mol. The number of hydrogen-bond donors (Lipinski definition) is 0. The summed E-state index contributed by atoms with van der Waals surface area (Å²) < 4.78 is 30.6. The van der Waals surface area contributed by atoms with Crippen molar-refractivity contribution in [3.05, 3.63) is 18.4 Å². The molecule has 2 aromatic rings. The van der Waals surface area contributed by atoms with Crippen LogP contribution >= 0.6 is 11.8 Å². The van der Waals surface area contributed by atoms with Crippen molar-refractivity contribution in [3.8, 4) is 11.6 Å². The highest BCUT2D eigenvalue weighted by molar-refractivity contribution is 7.99. The lowest BCUT2D eigenvalue weighted by molar-refractivity contribution is -0.130. The van der Waals surface area contributed by atoms with E-state index in [0.717, 1.165) is 6.42 Å². The third-order valence-electron chi connectivity index (χ3n) is 4.34. The summed E-state index contributed by atoms with van der Waals surface area (Å²) in [6, 6.07) is 3.36. The molecule has 8 nitrogen and oxygen atoms in total. The number of amides is 1. The van der Waals surface area contributed by atoms with Crippen LogP contribution in [-0.2, 0) is 21.7 Å². The van der Waals surface area contributed by atoms with Gasteiger partial charge in [-0.3, -0.25) is 4.79 Å². The summed E-state index contributed by atoms with van der Waals surface area (Å²) in [5.41, 5.74) is 0. The molecule has 26 heavy (non-hydrogen) atoms. The Balaban J connectivity index is 1.65. The molecule has 1 amide bonds. The number of carbonyl (C=O) groups excluding carboxylic acids is 1. The SMILES string of the molecule is CCCN(C(=O)CSc1nnc(-c2ccco2)n1C)[C@@H]1CCS(=O)(=O)C1. The Morgan fingerprint density at radius 2 is 2.27 bits per heavy atom. The van der Waals surface area contributed by atoms with E-state index in [1.54, 1.807) is 27.9 Å². The largest absolute Gasteiger partial charge is 0.461 e. The Morgan fingerprint density at radius 3 is 2.88 bits per heavy atom. The van der Waals surface area contributed by atoms with Gasteiger partial charge in [0.2, 0.25) is 5.91 Å². The smallest absolute Gasteiger partial charge is 0.233 e. The Morgan fingerprint density at radius 1 is 1.46 bits per heavy atom. The van der Waals surface area contributed by atoms with Gasteiger partial charge in [0.05, 0.1) is 23.5 Å². The van der Waals surface area contributed by atoms with Crippen LogP contribution in [0.3, 0.4) is 0 Å². The van der Waals surface area contributed by atoms with Crippen LogP contribution in [-0.4, -0.2) is 63.8 Å². The first-order valence-electron chi connectivity index (χ1n) is 8.47. The van der Waals surface area contributed by atoms with Crippen LogP contribution in [0.5, 0.6) is 0 Å². The minimum Gasteiger partial charge on any atom is -0.461 e. The second-order valence-corrected chi connectivity index (χ2v) is 9.45. The zero-order chi connectivity index (χ0) is 18.7. The summed E-state index contributed by atoms with van der Waals surface area (Å²) >= 11 is 1.29. The first kappa shape index (κ1) is 19.0. The van der Waals surface area contributed by atoms with E-state index in [-0.39, 0.29) is 29.2 Å². The van der Waals surface area contributed by atoms with Crippen molar-refractivity contribution in [2.75, 3.05) is 23.8 Å². The molecule has 10 heteroatoms. The molecule has 0 N–H and O–H groups in total. The van der Waals surface area contributed by atoms with E-state index in [4.69, 9.17) is 4.42 Å². The molecule has 0 aliphatic carbocycles. The summed E-state index contributed by atoms with van der Waals surface area (Å²) in [4.78, 5) is 14.4. The fourth-order valence-electron chi connectivity index (χ4n) is 3.04. The zero-order valence-corrected chi connectivity index (χ0v) is 16.4. The number of carbonyl (C=O) groups is 1. The summed E-state index contributed by atoms with van der Waals surface area (Å²) in [5.74, 6) is 1.56. The van der Waals surface area contributed by atoms with E-state index < -0.39 is 9.84 Å². The van der Waals surface area contributed by atoms with Gasteiger partial charge in [-0.15, -0.1) is 10.2 Å². The number of thioether (sulfide) groups is 1. The van der Waals surface area contributed by atoms with Gasteiger partial charge in [0.1, 0.15) is 0 Å². The summed E-state index contributed by atoms with van der Waals surface area (Å²) in [6.45, 7) is 2.55. The average molecular weight is 399 g/mol. The van der Waals surface area contributed by atoms with Crippen LogP contribution in [0.25, 0.3) is 11.6 Å². The molecule has 2 aromatic heterocycles. The van der Waals surface area contributed by atoms with Crippen LogP contribution in [0.4, 0.5) is 0 Å². The van der Waals surface area contributed by atoms with Crippen LogP contribution < -0.4 is 0 Å². The topological polar surface area (TPSA) is 98.3 Å². The molecule has 0 saturated carbocycles. The number of furan rings is 1. The lowest BCUT2D eigenvalue weighted by Gasteiger charge is -2.27. The molecule has 0 aromatic carbocycles. The molecule has 1 aliphatic heterocycles. The molecule has 0 radical (unpaired) electrons. The van der Waals surface area contributed by atoms with Crippen molar-refractivity contribution >= 4 is 27.5 Å². The van der Waals surface area contributed by atoms with Crippen LogP contribution in [0, 0.1) is 0 Å². The van der Waals surface area contributed by atoms with E-state index in [1.165, 1.54) is 11.8 Å². The van der Waals surface area contributed by atoms with Crippen LogP contribution in [0.1, 0.15) is 19.8 Å². The maximum absolute atomic E-state index is 12.7. The molecule has 0 unspecified atom stereocenters. The van der Waals surface area contributed by atoms with Gasteiger partial charge in [0, 0.05) is 19.6 Å². The fourth-order valence-corrected chi connectivity index (χ4v) is 5.57. The first-order valence-corrected chi connectivity index (χ1v) is 11.3. The van der Waals surface area contributed by atoms with Gasteiger partial charge in [-0.1, -0.05) is 18.7 Å². The molecule has 0 bridgehead atoms. The highest BCUT2D eigenvalue weighted by Crippen LogP contribution is 2.24. The van der Waals surface area contributed by atoms with Gasteiger partial charge in [0.15, 0.2) is 26.6 Å². The third kappa shape index (κ3) is 4.12. The van der Waals surface area contributed by atoms with Crippen LogP contribution in [0.15, 0.2) is 28.0 Å². The quantitative estimate of drug-likeness (QED) is 0.653. The zero-order valence-electron chi connectivity index (χ0n) is 14.8. The van der Waals surface area contributed by atoms with Crippen molar-refractivity contribution in [1.29, 1.82) is 0 Å². The molecule has 1 fully saturated rings. The third-order valence-corrected chi connectivity index (χ3v) is 7.09. The maximum atomic E-state index is 12.7. The van der Waals surface area contributed by atoms with E-state index in [2.05, 4.69) is 10.2 Å². The molecule has 3 rings (SSSR count). The van der Waals surface area contributed by atoms with E-state index in [1.807, 2.05) is 14.0 Å². The number of nitrogens with zero attached hydrogens (tertiary/aromatic N) is 4. The van der Waals surface area contributed by atoms with Gasteiger partial charge < -0.3 is 13.9 Å². The molecule has 142 valence electrons. The summed E-state index contributed by atoms with van der Waals surface area (Å²) in [7, 11) is -1.21. The molecule has 1 atom stereocenters. The van der Waals surface area contributed by atoms with Crippen molar-refractivity contribution in [1.82, 2.24) is 19.7 Å². The van der Waals surface area contributed by atoms with Gasteiger partial charge in [-0.05, 0) is 25.0 Å². The molecule has 1 saturated heterocycles. The van der Waals surface area contributed by atoms with Gasteiger partial charge in [-0.25, -0.2) is 8.42 Å².